The van der Waals surface area contributed by atoms with Gasteiger partial charge in [-0.1, -0.05) is 11.6 Å². The quantitative estimate of drug-likeness (QED) is 0.489. The summed E-state index contributed by atoms with van der Waals surface area (Å²) in [4.78, 5) is 12.1. The van der Waals surface area contributed by atoms with Crippen LogP contribution in [0.1, 0.15) is 21.5 Å². The molecule has 0 aliphatic rings. The molecular weight excluding hydrogens is 380 g/mol. The van der Waals surface area contributed by atoms with Gasteiger partial charge in [-0.3, -0.25) is 9.48 Å². The molecule has 7 nitrogen and oxygen atoms in total. The van der Waals surface area contributed by atoms with Crippen molar-refractivity contribution in [1.29, 1.82) is 0 Å². The van der Waals surface area contributed by atoms with Crippen molar-refractivity contribution in [2.75, 3.05) is 14.2 Å². The van der Waals surface area contributed by atoms with E-state index in [1.807, 2.05) is 18.2 Å². The first-order valence-electron chi connectivity index (χ1n) is 8.41. The Morgan fingerprint density at radius 3 is 2.64 bits per heavy atom. The van der Waals surface area contributed by atoms with Crippen molar-refractivity contribution in [3.05, 3.63) is 76.6 Å². The van der Waals surface area contributed by atoms with Crippen molar-refractivity contribution >= 4 is 23.7 Å². The molecule has 0 bridgehead atoms. The van der Waals surface area contributed by atoms with Crippen molar-refractivity contribution in [3.8, 4) is 11.5 Å². The lowest BCUT2D eigenvalue weighted by Crippen LogP contribution is -2.17. The zero-order chi connectivity index (χ0) is 19.9. The molecule has 3 aromatic rings. The van der Waals surface area contributed by atoms with Crippen LogP contribution in [0.15, 0.2) is 60.0 Å². The number of nitrogens with zero attached hydrogens (tertiary/aromatic N) is 3. The van der Waals surface area contributed by atoms with E-state index in [9.17, 15) is 4.79 Å². The Labute approximate surface area is 167 Å². The molecule has 3 rings (SSSR count). The molecule has 1 N–H and O–H groups in total. The number of ether oxygens (including phenoxy) is 2. The van der Waals surface area contributed by atoms with Gasteiger partial charge in [-0.25, -0.2) is 5.43 Å². The van der Waals surface area contributed by atoms with Crippen LogP contribution in [0.2, 0.25) is 5.02 Å². The van der Waals surface area contributed by atoms with Crippen LogP contribution in [0.5, 0.6) is 11.5 Å². The van der Waals surface area contributed by atoms with E-state index in [4.69, 9.17) is 21.1 Å². The topological polar surface area (TPSA) is 77.7 Å². The predicted molar refractivity (Wildman–Crippen MR) is 107 cm³/mol. The van der Waals surface area contributed by atoms with Crippen LogP contribution in [0.25, 0.3) is 0 Å². The Morgan fingerprint density at radius 2 is 2.00 bits per heavy atom. The van der Waals surface area contributed by atoms with Gasteiger partial charge in [0.1, 0.15) is 11.5 Å². The second-order valence-electron chi connectivity index (χ2n) is 5.86. The number of nitrogens with one attached hydrogen (secondary N) is 1. The molecule has 0 aliphatic carbocycles. The van der Waals surface area contributed by atoms with Crippen LogP contribution in [-0.4, -0.2) is 36.1 Å². The van der Waals surface area contributed by atoms with Gasteiger partial charge in [-0.05, 0) is 48.0 Å². The zero-order valence-corrected chi connectivity index (χ0v) is 16.2. The Morgan fingerprint density at radius 1 is 1.21 bits per heavy atom. The lowest BCUT2D eigenvalue weighted by molar-refractivity contribution is 0.0955. The van der Waals surface area contributed by atoms with Crippen LogP contribution in [0.3, 0.4) is 0 Å². The largest absolute Gasteiger partial charge is 0.497 e. The number of hydrazone groups is 1. The Balaban J connectivity index is 1.68. The molecule has 1 heterocycles. The molecule has 1 aromatic heterocycles. The Hall–Kier alpha value is -3.32. The Bertz CT molecular complexity index is 983. The minimum absolute atomic E-state index is 0.307. The van der Waals surface area contributed by atoms with Crippen LogP contribution in [0.4, 0.5) is 0 Å². The number of amides is 1. The third kappa shape index (κ3) is 4.89. The SMILES string of the molecule is COc1ccc(C(=O)NN=Cc2ccc(OC)c(Cn3cc(Cl)cn3)c2)cc1. The number of carbonyl (C=O) groups excluding carboxylic acids is 1. The summed E-state index contributed by atoms with van der Waals surface area (Å²) in [6.07, 6.45) is 4.88. The average molecular weight is 399 g/mol. The number of halogens is 1. The van der Waals surface area contributed by atoms with E-state index < -0.39 is 0 Å². The van der Waals surface area contributed by atoms with Crippen LogP contribution in [-0.2, 0) is 6.54 Å². The van der Waals surface area contributed by atoms with Gasteiger partial charge >= 0.3 is 0 Å². The number of carbonyl (C=O) groups is 1. The normalized spacial score (nSPS) is 10.8. The highest BCUT2D eigenvalue weighted by Crippen LogP contribution is 2.21. The minimum atomic E-state index is -0.307. The van der Waals surface area contributed by atoms with Gasteiger partial charge in [0.2, 0.25) is 0 Å². The van der Waals surface area contributed by atoms with Crippen molar-refractivity contribution < 1.29 is 14.3 Å². The van der Waals surface area contributed by atoms with Gasteiger partial charge in [0.25, 0.3) is 5.91 Å². The fourth-order valence-corrected chi connectivity index (χ4v) is 2.73. The first-order chi connectivity index (χ1) is 13.6. The fourth-order valence-electron chi connectivity index (χ4n) is 2.57. The van der Waals surface area contributed by atoms with Gasteiger partial charge in [0, 0.05) is 17.3 Å². The fraction of sp³-hybridized carbons (Fsp3) is 0.150. The maximum absolute atomic E-state index is 12.1. The summed E-state index contributed by atoms with van der Waals surface area (Å²) in [5.41, 5.74) is 4.72. The molecule has 0 radical (unpaired) electrons. The molecule has 0 unspecified atom stereocenters. The van der Waals surface area contributed by atoms with E-state index in [1.165, 1.54) is 0 Å². The first kappa shape index (κ1) is 19.4. The molecule has 28 heavy (non-hydrogen) atoms. The smallest absolute Gasteiger partial charge is 0.271 e. The molecule has 1 amide bonds. The Kier molecular flexibility index (Phi) is 6.29. The van der Waals surface area contributed by atoms with Gasteiger partial charge in [-0.2, -0.15) is 10.2 Å². The summed E-state index contributed by atoms with van der Waals surface area (Å²) in [7, 11) is 3.18. The second-order valence-corrected chi connectivity index (χ2v) is 6.29. The highest BCUT2D eigenvalue weighted by atomic mass is 35.5. The summed E-state index contributed by atoms with van der Waals surface area (Å²) in [5.74, 6) is 1.11. The molecule has 0 spiro atoms. The standard InChI is InChI=1S/C20H19ClN4O3/c1-27-18-6-4-15(5-7-18)20(26)24-22-10-14-3-8-19(28-2)16(9-14)12-25-13-17(21)11-23-25/h3-11,13H,12H2,1-2H3,(H,24,26). The number of hydrogen-bond acceptors (Lipinski definition) is 5. The molecule has 2 aromatic carbocycles. The van der Waals surface area contributed by atoms with E-state index in [0.717, 1.165) is 16.9 Å². The molecule has 8 heteroatoms. The number of rotatable bonds is 7. The third-order valence-corrected chi connectivity index (χ3v) is 4.17. The van der Waals surface area contributed by atoms with Crippen LogP contribution < -0.4 is 14.9 Å². The number of aromatic nitrogens is 2. The summed E-state index contributed by atoms with van der Waals surface area (Å²) < 4.78 is 12.2. The van der Waals surface area contributed by atoms with Crippen molar-refractivity contribution in [2.24, 2.45) is 5.10 Å². The van der Waals surface area contributed by atoms with Crippen LogP contribution >= 0.6 is 11.6 Å². The average Bonchev–Trinajstić information content (AvgIpc) is 3.13. The molecule has 0 aliphatic heterocycles. The van der Waals surface area contributed by atoms with Gasteiger partial charge < -0.3 is 9.47 Å². The van der Waals surface area contributed by atoms with E-state index in [0.29, 0.717) is 22.9 Å². The molecule has 0 saturated carbocycles. The van der Waals surface area contributed by atoms with E-state index in [1.54, 1.807) is 61.8 Å². The molecule has 0 atom stereocenters. The molecule has 144 valence electrons. The highest BCUT2D eigenvalue weighted by Gasteiger charge is 2.07. The lowest BCUT2D eigenvalue weighted by Gasteiger charge is -2.09. The summed E-state index contributed by atoms with van der Waals surface area (Å²) in [5, 5.41) is 8.77. The summed E-state index contributed by atoms with van der Waals surface area (Å²) in [6, 6.07) is 12.4. The lowest BCUT2D eigenvalue weighted by atomic mass is 10.1. The summed E-state index contributed by atoms with van der Waals surface area (Å²) >= 11 is 5.91. The van der Waals surface area contributed by atoms with E-state index >= 15 is 0 Å². The van der Waals surface area contributed by atoms with Crippen molar-refractivity contribution in [2.45, 2.75) is 6.54 Å². The first-order valence-corrected chi connectivity index (χ1v) is 8.79. The van der Waals surface area contributed by atoms with Crippen LogP contribution in [0, 0.1) is 0 Å². The molecule has 0 saturated heterocycles. The highest BCUT2D eigenvalue weighted by molar-refractivity contribution is 6.30. The maximum atomic E-state index is 12.1. The van der Waals surface area contributed by atoms with Gasteiger partial charge in [0.15, 0.2) is 0 Å². The summed E-state index contributed by atoms with van der Waals surface area (Å²) in [6.45, 7) is 0.496. The second kappa shape index (κ2) is 9.05. The maximum Gasteiger partial charge on any atom is 0.271 e. The van der Waals surface area contributed by atoms with Gasteiger partial charge in [0.05, 0.1) is 38.2 Å². The third-order valence-electron chi connectivity index (χ3n) is 3.97. The predicted octanol–water partition coefficient (Wildman–Crippen LogP) is 3.37. The van der Waals surface area contributed by atoms with E-state index in [2.05, 4.69) is 15.6 Å². The van der Waals surface area contributed by atoms with Gasteiger partial charge in [-0.15, -0.1) is 0 Å². The monoisotopic (exact) mass is 398 g/mol. The zero-order valence-electron chi connectivity index (χ0n) is 15.4. The number of methoxy groups -OCH3 is 2. The number of benzene rings is 2. The number of hydrogen-bond donors (Lipinski definition) is 1. The van der Waals surface area contributed by atoms with E-state index in [-0.39, 0.29) is 5.91 Å². The van der Waals surface area contributed by atoms with Crippen molar-refractivity contribution in [1.82, 2.24) is 15.2 Å². The molecule has 0 fully saturated rings. The minimum Gasteiger partial charge on any atom is -0.497 e. The molecular formula is C20H19ClN4O3. The van der Waals surface area contributed by atoms with Crippen molar-refractivity contribution in [3.63, 3.8) is 0 Å².